The monoisotopic (exact) mass is 374 g/mol. The van der Waals surface area contributed by atoms with E-state index < -0.39 is 50.6 Å². The molecule has 1 aromatic carbocycles. The number of amides is 1. The first kappa shape index (κ1) is 21.0. The van der Waals surface area contributed by atoms with E-state index in [2.05, 4.69) is 10.0 Å². The highest BCUT2D eigenvalue weighted by molar-refractivity contribution is 7.89. The van der Waals surface area contributed by atoms with Gasteiger partial charge in [-0.25, -0.2) is 12.8 Å². The van der Waals surface area contributed by atoms with Crippen molar-refractivity contribution in [1.82, 2.24) is 10.0 Å². The topological polar surface area (TPSA) is 113 Å². The summed E-state index contributed by atoms with van der Waals surface area (Å²) in [6.45, 7) is 4.93. The third kappa shape index (κ3) is 6.43. The van der Waals surface area contributed by atoms with Crippen molar-refractivity contribution in [3.8, 4) is 0 Å². The molecule has 7 nitrogen and oxygen atoms in total. The molecule has 0 spiro atoms. The lowest BCUT2D eigenvalue weighted by Crippen LogP contribution is -2.51. The van der Waals surface area contributed by atoms with Crippen molar-refractivity contribution in [3.63, 3.8) is 0 Å². The SMILES string of the molecule is CC(CCC(=O)O)NC(=O)C(NS(=O)(=O)c1ccccc1F)C(C)C. The summed E-state index contributed by atoms with van der Waals surface area (Å²) in [4.78, 5) is 22.4. The van der Waals surface area contributed by atoms with Crippen LogP contribution >= 0.6 is 0 Å². The van der Waals surface area contributed by atoms with Gasteiger partial charge in [-0.05, 0) is 31.4 Å². The summed E-state index contributed by atoms with van der Waals surface area (Å²) in [7, 11) is -4.22. The lowest BCUT2D eigenvalue weighted by molar-refractivity contribution is -0.137. The highest BCUT2D eigenvalue weighted by Gasteiger charge is 2.30. The number of hydrogen-bond donors (Lipinski definition) is 3. The molecule has 2 atom stereocenters. The number of halogens is 1. The molecule has 0 bridgehead atoms. The highest BCUT2D eigenvalue weighted by Crippen LogP contribution is 2.15. The molecule has 140 valence electrons. The molecule has 9 heteroatoms. The lowest BCUT2D eigenvalue weighted by atomic mass is 10.0. The minimum absolute atomic E-state index is 0.116. The van der Waals surface area contributed by atoms with Crippen molar-refractivity contribution in [1.29, 1.82) is 0 Å². The van der Waals surface area contributed by atoms with Gasteiger partial charge in [0.15, 0.2) is 0 Å². The van der Waals surface area contributed by atoms with Crippen molar-refractivity contribution in [2.75, 3.05) is 0 Å². The maximum Gasteiger partial charge on any atom is 0.303 e. The summed E-state index contributed by atoms with van der Waals surface area (Å²) in [6, 6.07) is 3.33. The first-order valence-electron chi connectivity index (χ1n) is 7.83. The van der Waals surface area contributed by atoms with Crippen molar-refractivity contribution in [2.24, 2.45) is 5.92 Å². The highest BCUT2D eigenvalue weighted by atomic mass is 32.2. The normalized spacial score (nSPS) is 14.1. The number of sulfonamides is 1. The Morgan fingerprint density at radius 1 is 1.20 bits per heavy atom. The molecule has 0 saturated heterocycles. The Morgan fingerprint density at radius 2 is 1.80 bits per heavy atom. The van der Waals surface area contributed by atoms with Crippen molar-refractivity contribution in [2.45, 2.75) is 50.6 Å². The van der Waals surface area contributed by atoms with Crippen LogP contribution in [0.4, 0.5) is 4.39 Å². The molecular formula is C16H23FN2O5S. The zero-order valence-electron chi connectivity index (χ0n) is 14.3. The zero-order chi connectivity index (χ0) is 19.2. The third-order valence-corrected chi connectivity index (χ3v) is 5.01. The van der Waals surface area contributed by atoms with Crippen LogP contribution < -0.4 is 10.0 Å². The van der Waals surface area contributed by atoms with Gasteiger partial charge in [0, 0.05) is 12.5 Å². The van der Waals surface area contributed by atoms with Gasteiger partial charge in [-0.2, -0.15) is 4.72 Å². The molecule has 0 aliphatic rings. The zero-order valence-corrected chi connectivity index (χ0v) is 15.1. The second kappa shape index (κ2) is 8.91. The van der Waals surface area contributed by atoms with E-state index >= 15 is 0 Å². The van der Waals surface area contributed by atoms with Gasteiger partial charge in [0.1, 0.15) is 16.8 Å². The van der Waals surface area contributed by atoms with Crippen LogP contribution in [0.5, 0.6) is 0 Å². The molecule has 0 radical (unpaired) electrons. The Balaban J connectivity index is 2.88. The Morgan fingerprint density at radius 3 is 2.32 bits per heavy atom. The van der Waals surface area contributed by atoms with Crippen LogP contribution in [0.1, 0.15) is 33.6 Å². The van der Waals surface area contributed by atoms with E-state index in [0.29, 0.717) is 0 Å². The van der Waals surface area contributed by atoms with E-state index in [0.717, 1.165) is 12.1 Å². The molecule has 3 N–H and O–H groups in total. The molecule has 0 fully saturated rings. The van der Waals surface area contributed by atoms with Gasteiger partial charge in [0.05, 0.1) is 0 Å². The van der Waals surface area contributed by atoms with Crippen molar-refractivity contribution >= 4 is 21.9 Å². The van der Waals surface area contributed by atoms with Crippen LogP contribution in [-0.2, 0) is 19.6 Å². The Labute approximate surface area is 146 Å². The van der Waals surface area contributed by atoms with Crippen LogP contribution in [0.3, 0.4) is 0 Å². The van der Waals surface area contributed by atoms with Crippen LogP contribution in [0.2, 0.25) is 0 Å². The molecule has 1 aromatic rings. The smallest absolute Gasteiger partial charge is 0.303 e. The van der Waals surface area contributed by atoms with E-state index in [9.17, 15) is 22.4 Å². The lowest BCUT2D eigenvalue weighted by Gasteiger charge is -2.24. The standard InChI is InChI=1S/C16H23FN2O5S/c1-10(2)15(16(22)18-11(3)8-9-14(20)21)19-25(23,24)13-7-5-4-6-12(13)17/h4-7,10-11,15,19H,8-9H2,1-3H3,(H,18,22)(H,20,21). The summed E-state index contributed by atoms with van der Waals surface area (Å²) in [5.74, 6) is -2.88. The summed E-state index contributed by atoms with van der Waals surface area (Å²) in [5.41, 5.74) is 0. The van der Waals surface area contributed by atoms with Crippen LogP contribution in [-0.4, -0.2) is 37.5 Å². The number of carbonyl (C=O) groups is 2. The predicted octanol–water partition coefficient (Wildman–Crippen LogP) is 1.50. The number of carboxylic acids is 1. The number of hydrogen-bond acceptors (Lipinski definition) is 4. The van der Waals surface area contributed by atoms with Crippen molar-refractivity contribution < 1.29 is 27.5 Å². The molecule has 0 aliphatic carbocycles. The number of nitrogens with one attached hydrogen (secondary N) is 2. The van der Waals surface area contributed by atoms with Gasteiger partial charge in [0.25, 0.3) is 0 Å². The number of benzene rings is 1. The molecule has 1 amide bonds. The van der Waals surface area contributed by atoms with E-state index in [-0.39, 0.29) is 12.8 Å². The third-order valence-electron chi connectivity index (χ3n) is 3.54. The molecule has 2 unspecified atom stereocenters. The largest absolute Gasteiger partial charge is 0.481 e. The van der Waals surface area contributed by atoms with E-state index in [1.165, 1.54) is 12.1 Å². The van der Waals surface area contributed by atoms with Gasteiger partial charge in [0.2, 0.25) is 15.9 Å². The van der Waals surface area contributed by atoms with Gasteiger partial charge in [-0.1, -0.05) is 26.0 Å². The summed E-state index contributed by atoms with van der Waals surface area (Å²) in [6.07, 6.45) is 0.0979. The average Bonchev–Trinajstić information content (AvgIpc) is 2.50. The molecule has 0 heterocycles. The van der Waals surface area contributed by atoms with E-state index in [4.69, 9.17) is 5.11 Å². The minimum Gasteiger partial charge on any atom is -0.481 e. The summed E-state index contributed by atoms with van der Waals surface area (Å²) >= 11 is 0. The second-order valence-corrected chi connectivity index (χ2v) is 7.80. The number of carboxylic acid groups (broad SMARTS) is 1. The minimum atomic E-state index is -4.22. The number of carbonyl (C=O) groups excluding carboxylic acids is 1. The Hall–Kier alpha value is -2.00. The fourth-order valence-corrected chi connectivity index (χ4v) is 3.55. The number of rotatable bonds is 9. The van der Waals surface area contributed by atoms with Crippen LogP contribution in [0.15, 0.2) is 29.2 Å². The molecular weight excluding hydrogens is 351 g/mol. The fraction of sp³-hybridized carbons (Fsp3) is 0.500. The molecule has 0 aromatic heterocycles. The van der Waals surface area contributed by atoms with Gasteiger partial charge in [-0.3, -0.25) is 9.59 Å². The quantitative estimate of drug-likeness (QED) is 0.606. The first-order valence-corrected chi connectivity index (χ1v) is 9.32. The van der Waals surface area contributed by atoms with Gasteiger partial charge >= 0.3 is 5.97 Å². The van der Waals surface area contributed by atoms with E-state index in [1.807, 2.05) is 0 Å². The Bertz CT molecular complexity index is 721. The summed E-state index contributed by atoms with van der Waals surface area (Å²) < 4.78 is 40.7. The van der Waals surface area contributed by atoms with Crippen LogP contribution in [0.25, 0.3) is 0 Å². The van der Waals surface area contributed by atoms with Gasteiger partial charge < -0.3 is 10.4 Å². The Kier molecular flexibility index (Phi) is 7.50. The molecule has 0 saturated carbocycles. The number of aliphatic carboxylic acids is 1. The maximum atomic E-state index is 13.7. The van der Waals surface area contributed by atoms with Crippen molar-refractivity contribution in [3.05, 3.63) is 30.1 Å². The van der Waals surface area contributed by atoms with Crippen LogP contribution in [0, 0.1) is 11.7 Å². The van der Waals surface area contributed by atoms with E-state index in [1.54, 1.807) is 20.8 Å². The molecule has 25 heavy (non-hydrogen) atoms. The summed E-state index contributed by atoms with van der Waals surface area (Å²) in [5, 5.41) is 11.2. The predicted molar refractivity (Wildman–Crippen MR) is 89.8 cm³/mol. The molecule has 1 rings (SSSR count). The average molecular weight is 374 g/mol. The van der Waals surface area contributed by atoms with Gasteiger partial charge in [-0.15, -0.1) is 0 Å². The fourth-order valence-electron chi connectivity index (χ4n) is 2.13. The molecule has 0 aliphatic heterocycles. The maximum absolute atomic E-state index is 13.7. The second-order valence-electron chi connectivity index (χ2n) is 6.12. The first-order chi connectivity index (χ1) is 11.5.